The van der Waals surface area contributed by atoms with Crippen molar-refractivity contribution >= 4 is 17.3 Å². The van der Waals surface area contributed by atoms with Gasteiger partial charge in [0.1, 0.15) is 5.75 Å². The highest BCUT2D eigenvalue weighted by Crippen LogP contribution is 2.27. The molecule has 5 nitrogen and oxygen atoms in total. The topological polar surface area (TPSA) is 67.6 Å². The van der Waals surface area contributed by atoms with Crippen molar-refractivity contribution < 1.29 is 9.53 Å². The highest BCUT2D eigenvalue weighted by atomic mass is 16.5. The average Bonchev–Trinajstić information content (AvgIpc) is 2.43. The van der Waals surface area contributed by atoms with E-state index < -0.39 is 0 Å². The third-order valence-electron chi connectivity index (χ3n) is 4.28. The second-order valence-corrected chi connectivity index (χ2v) is 5.99. The van der Waals surface area contributed by atoms with Crippen LogP contribution in [0.5, 0.6) is 5.75 Å². The van der Waals surface area contributed by atoms with Crippen LogP contribution in [0.2, 0.25) is 0 Å². The van der Waals surface area contributed by atoms with E-state index >= 15 is 0 Å². The molecule has 1 heterocycles. The van der Waals surface area contributed by atoms with E-state index in [9.17, 15) is 4.79 Å². The van der Waals surface area contributed by atoms with E-state index in [1.807, 2.05) is 0 Å². The number of carbonyl (C=O) groups is 1. The van der Waals surface area contributed by atoms with Crippen LogP contribution in [0, 0.1) is 11.8 Å². The molecule has 0 bridgehead atoms. The quantitative estimate of drug-likeness (QED) is 0.835. The maximum absolute atomic E-state index is 12.2. The fourth-order valence-electron chi connectivity index (χ4n) is 2.71. The van der Waals surface area contributed by atoms with Gasteiger partial charge in [-0.2, -0.15) is 0 Å². The van der Waals surface area contributed by atoms with Crippen molar-refractivity contribution in [2.45, 2.75) is 20.3 Å². The van der Waals surface area contributed by atoms with Gasteiger partial charge in [0.25, 0.3) is 0 Å². The zero-order valence-electron chi connectivity index (χ0n) is 13.1. The minimum absolute atomic E-state index is 0.0272. The third-order valence-corrected chi connectivity index (χ3v) is 4.28. The number of rotatable bonds is 4. The second-order valence-electron chi connectivity index (χ2n) is 5.99. The van der Waals surface area contributed by atoms with E-state index in [-0.39, 0.29) is 5.91 Å². The molecule has 21 heavy (non-hydrogen) atoms. The first-order valence-electron chi connectivity index (χ1n) is 7.45. The van der Waals surface area contributed by atoms with Gasteiger partial charge in [-0.1, -0.05) is 13.8 Å². The molecule has 2 unspecified atom stereocenters. The lowest BCUT2D eigenvalue weighted by Gasteiger charge is -2.34. The number of anilines is 2. The Morgan fingerprint density at radius 3 is 2.86 bits per heavy atom. The summed E-state index contributed by atoms with van der Waals surface area (Å²) >= 11 is 0. The number of likely N-dealkylation sites (tertiary alicyclic amines) is 1. The Bertz CT molecular complexity index is 504. The fraction of sp³-hybridized carbons (Fsp3) is 0.562. The number of benzene rings is 1. The van der Waals surface area contributed by atoms with Gasteiger partial charge >= 0.3 is 0 Å². The summed E-state index contributed by atoms with van der Waals surface area (Å²) in [5.41, 5.74) is 6.99. The zero-order valence-corrected chi connectivity index (χ0v) is 13.1. The lowest BCUT2D eigenvalue weighted by molar-refractivity contribution is -0.117. The van der Waals surface area contributed by atoms with Crippen molar-refractivity contribution in [3.8, 4) is 5.75 Å². The molecule has 2 atom stereocenters. The predicted molar refractivity (Wildman–Crippen MR) is 85.4 cm³/mol. The Morgan fingerprint density at radius 1 is 1.43 bits per heavy atom. The van der Waals surface area contributed by atoms with Crippen molar-refractivity contribution in [3.05, 3.63) is 18.2 Å². The largest absolute Gasteiger partial charge is 0.495 e. The summed E-state index contributed by atoms with van der Waals surface area (Å²) in [6.45, 7) is 6.89. The Labute approximate surface area is 126 Å². The number of methoxy groups -OCH3 is 1. The Balaban J connectivity index is 1.94. The summed E-state index contributed by atoms with van der Waals surface area (Å²) in [5.74, 6) is 1.96. The predicted octanol–water partition coefficient (Wildman–Crippen LogP) is 2.19. The van der Waals surface area contributed by atoms with Crippen LogP contribution in [0.4, 0.5) is 11.4 Å². The minimum Gasteiger partial charge on any atom is -0.495 e. The lowest BCUT2D eigenvalue weighted by Crippen LogP contribution is -2.42. The molecule has 0 aliphatic carbocycles. The van der Waals surface area contributed by atoms with Crippen LogP contribution in [0.3, 0.4) is 0 Å². The Hall–Kier alpha value is -1.75. The van der Waals surface area contributed by atoms with E-state index in [4.69, 9.17) is 10.5 Å². The highest BCUT2D eigenvalue weighted by molar-refractivity contribution is 5.94. The van der Waals surface area contributed by atoms with Crippen molar-refractivity contribution in [1.82, 2.24) is 4.90 Å². The first-order valence-corrected chi connectivity index (χ1v) is 7.45. The van der Waals surface area contributed by atoms with E-state index in [1.54, 1.807) is 25.3 Å². The number of nitrogen functional groups attached to an aromatic ring is 1. The first kappa shape index (κ1) is 15.6. The fourth-order valence-corrected chi connectivity index (χ4v) is 2.71. The van der Waals surface area contributed by atoms with Crippen molar-refractivity contribution in [2.24, 2.45) is 11.8 Å². The summed E-state index contributed by atoms with van der Waals surface area (Å²) in [5, 5.41) is 2.89. The number of piperidine rings is 1. The van der Waals surface area contributed by atoms with E-state index in [2.05, 4.69) is 24.1 Å². The monoisotopic (exact) mass is 291 g/mol. The normalized spacial score (nSPS) is 22.8. The van der Waals surface area contributed by atoms with Crippen LogP contribution in [0.25, 0.3) is 0 Å². The minimum atomic E-state index is -0.0272. The highest BCUT2D eigenvalue weighted by Gasteiger charge is 2.24. The molecular weight excluding hydrogens is 266 g/mol. The molecule has 1 aliphatic rings. The number of hydrogen-bond donors (Lipinski definition) is 2. The summed E-state index contributed by atoms with van der Waals surface area (Å²) in [4.78, 5) is 14.4. The molecule has 2 rings (SSSR count). The number of nitrogens with one attached hydrogen (secondary N) is 1. The number of nitrogens with zero attached hydrogens (tertiary/aromatic N) is 1. The number of ether oxygens (including phenoxy) is 1. The molecule has 1 fully saturated rings. The Morgan fingerprint density at radius 2 is 2.19 bits per heavy atom. The lowest BCUT2D eigenvalue weighted by atomic mass is 9.89. The van der Waals surface area contributed by atoms with Crippen LogP contribution in [0.15, 0.2) is 18.2 Å². The molecular formula is C16H25N3O2. The molecule has 1 saturated heterocycles. The molecule has 1 aromatic rings. The number of amides is 1. The van der Waals surface area contributed by atoms with Gasteiger partial charge in [-0.25, -0.2) is 0 Å². The van der Waals surface area contributed by atoms with Crippen LogP contribution in [-0.4, -0.2) is 37.6 Å². The summed E-state index contributed by atoms with van der Waals surface area (Å²) in [6.07, 6.45) is 1.15. The van der Waals surface area contributed by atoms with Crippen molar-refractivity contribution in [2.75, 3.05) is 37.8 Å². The first-order chi connectivity index (χ1) is 9.99. The van der Waals surface area contributed by atoms with Gasteiger partial charge in [0.05, 0.1) is 19.3 Å². The number of nitrogens with two attached hydrogens (primary N) is 1. The standard InChI is InChI=1S/C16H25N3O2/c1-11-6-7-19(9-12(11)2)10-16(20)18-14-8-13(17)4-5-15(14)21-3/h4-5,8,11-12H,6-7,9-10,17H2,1-3H3,(H,18,20). The molecule has 116 valence electrons. The molecule has 1 aliphatic heterocycles. The van der Waals surface area contributed by atoms with Crippen LogP contribution < -0.4 is 15.8 Å². The second kappa shape index (κ2) is 6.80. The summed E-state index contributed by atoms with van der Waals surface area (Å²) in [6, 6.07) is 5.23. The SMILES string of the molecule is COc1ccc(N)cc1NC(=O)CN1CCC(C)C(C)C1. The summed E-state index contributed by atoms with van der Waals surface area (Å²) in [7, 11) is 1.58. The summed E-state index contributed by atoms with van der Waals surface area (Å²) < 4.78 is 5.24. The van der Waals surface area contributed by atoms with Crippen molar-refractivity contribution in [1.29, 1.82) is 0 Å². The van der Waals surface area contributed by atoms with Gasteiger partial charge < -0.3 is 15.8 Å². The Kier molecular flexibility index (Phi) is 5.07. The third kappa shape index (κ3) is 4.11. The maximum atomic E-state index is 12.2. The molecule has 3 N–H and O–H groups in total. The van der Waals surface area contributed by atoms with E-state index in [1.165, 1.54) is 0 Å². The molecule has 0 radical (unpaired) electrons. The van der Waals surface area contributed by atoms with Crippen LogP contribution in [0.1, 0.15) is 20.3 Å². The van der Waals surface area contributed by atoms with Gasteiger partial charge in [0.2, 0.25) is 5.91 Å². The van der Waals surface area contributed by atoms with Gasteiger partial charge in [0.15, 0.2) is 0 Å². The number of hydrogen-bond acceptors (Lipinski definition) is 4. The smallest absolute Gasteiger partial charge is 0.238 e. The zero-order chi connectivity index (χ0) is 15.4. The molecule has 1 aromatic carbocycles. The molecule has 1 amide bonds. The van der Waals surface area contributed by atoms with Crippen LogP contribution >= 0.6 is 0 Å². The van der Waals surface area contributed by atoms with Gasteiger partial charge in [-0.05, 0) is 43.0 Å². The molecule has 5 heteroatoms. The van der Waals surface area contributed by atoms with E-state index in [0.29, 0.717) is 29.6 Å². The molecule has 0 aromatic heterocycles. The molecule has 0 saturated carbocycles. The average molecular weight is 291 g/mol. The van der Waals surface area contributed by atoms with Crippen LogP contribution in [-0.2, 0) is 4.79 Å². The maximum Gasteiger partial charge on any atom is 0.238 e. The molecule has 0 spiro atoms. The van der Waals surface area contributed by atoms with Gasteiger partial charge in [-0.3, -0.25) is 9.69 Å². The van der Waals surface area contributed by atoms with Gasteiger partial charge in [-0.15, -0.1) is 0 Å². The van der Waals surface area contributed by atoms with Gasteiger partial charge in [0, 0.05) is 12.2 Å². The van der Waals surface area contributed by atoms with Crippen molar-refractivity contribution in [3.63, 3.8) is 0 Å². The van der Waals surface area contributed by atoms with E-state index in [0.717, 1.165) is 25.4 Å². The number of carbonyl (C=O) groups excluding carboxylic acids is 1.